The molecule has 0 fully saturated rings. The van der Waals surface area contributed by atoms with Gasteiger partial charge in [-0.15, -0.1) is 16.8 Å². The number of aryl methyl sites for hydroxylation is 2. The summed E-state index contributed by atoms with van der Waals surface area (Å²) in [7, 11) is 0. The Morgan fingerprint density at radius 3 is 2.69 bits per heavy atom. The fourth-order valence-corrected chi connectivity index (χ4v) is 3.89. The molecule has 2 aromatic carbocycles. The second-order valence-corrected chi connectivity index (χ2v) is 7.78. The van der Waals surface area contributed by atoms with Crippen LogP contribution in [0, 0.1) is 6.92 Å². The summed E-state index contributed by atoms with van der Waals surface area (Å²) in [6.45, 7) is 7.10. The largest absolute Gasteiger partial charge is 0.352 e. The first kappa shape index (κ1) is 20.9. The topological polar surface area (TPSA) is 59.8 Å². The Morgan fingerprint density at radius 1 is 1.14 bits per heavy atom. The van der Waals surface area contributed by atoms with Gasteiger partial charge in [0.15, 0.2) is 5.16 Å². The number of amides is 1. The van der Waals surface area contributed by atoms with Crippen LogP contribution in [0.4, 0.5) is 0 Å². The van der Waals surface area contributed by atoms with E-state index >= 15 is 0 Å². The average molecular weight is 407 g/mol. The van der Waals surface area contributed by atoms with Crippen LogP contribution in [0.15, 0.2) is 72.4 Å². The van der Waals surface area contributed by atoms with Crippen LogP contribution in [-0.2, 0) is 30.1 Å². The summed E-state index contributed by atoms with van der Waals surface area (Å²) in [5.74, 6) is 1.65. The molecule has 0 atom stereocenters. The molecule has 0 spiro atoms. The van der Waals surface area contributed by atoms with Crippen molar-refractivity contribution in [3.63, 3.8) is 0 Å². The van der Waals surface area contributed by atoms with Gasteiger partial charge in [0.1, 0.15) is 5.82 Å². The molecule has 0 aliphatic rings. The van der Waals surface area contributed by atoms with Crippen LogP contribution in [0.2, 0.25) is 0 Å². The number of benzene rings is 2. The third-order valence-corrected chi connectivity index (χ3v) is 5.50. The number of hydrogen-bond donors (Lipinski definition) is 1. The van der Waals surface area contributed by atoms with Gasteiger partial charge in [0.25, 0.3) is 0 Å². The van der Waals surface area contributed by atoms with Crippen molar-refractivity contribution in [2.24, 2.45) is 0 Å². The molecular weight excluding hydrogens is 380 g/mol. The Balaban J connectivity index is 1.56. The van der Waals surface area contributed by atoms with Crippen LogP contribution in [0.25, 0.3) is 0 Å². The summed E-state index contributed by atoms with van der Waals surface area (Å²) in [6, 6.07) is 18.4. The van der Waals surface area contributed by atoms with E-state index in [0.717, 1.165) is 22.3 Å². The van der Waals surface area contributed by atoms with Crippen molar-refractivity contribution in [1.29, 1.82) is 0 Å². The quantitative estimate of drug-likeness (QED) is 0.402. The highest BCUT2D eigenvalue weighted by Crippen LogP contribution is 2.23. The zero-order valence-electron chi connectivity index (χ0n) is 16.7. The molecule has 0 unspecified atom stereocenters. The lowest BCUT2D eigenvalue weighted by Crippen LogP contribution is -2.23. The minimum absolute atomic E-state index is 0.0102. The summed E-state index contributed by atoms with van der Waals surface area (Å²) < 4.78 is 2.04. The lowest BCUT2D eigenvalue weighted by atomic mass is 10.2. The highest BCUT2D eigenvalue weighted by molar-refractivity contribution is 7.98. The fourth-order valence-electron chi connectivity index (χ4n) is 2.98. The van der Waals surface area contributed by atoms with Crippen LogP contribution >= 0.6 is 11.8 Å². The van der Waals surface area contributed by atoms with Crippen LogP contribution in [0.1, 0.15) is 28.9 Å². The minimum atomic E-state index is 0.0102. The summed E-state index contributed by atoms with van der Waals surface area (Å²) in [5.41, 5.74) is 3.59. The molecule has 3 aromatic rings. The fraction of sp³-hybridized carbons (Fsp3) is 0.261. The van der Waals surface area contributed by atoms with Crippen molar-refractivity contribution < 1.29 is 4.79 Å². The molecule has 3 rings (SSSR count). The lowest BCUT2D eigenvalue weighted by Gasteiger charge is -2.08. The second-order valence-electron chi connectivity index (χ2n) is 6.84. The molecule has 1 N–H and O–H groups in total. The maximum Gasteiger partial charge on any atom is 0.220 e. The Hall–Kier alpha value is -2.86. The van der Waals surface area contributed by atoms with Crippen molar-refractivity contribution in [2.75, 3.05) is 0 Å². The van der Waals surface area contributed by atoms with Crippen LogP contribution in [0.5, 0.6) is 0 Å². The molecule has 0 bridgehead atoms. The van der Waals surface area contributed by atoms with Gasteiger partial charge in [0, 0.05) is 31.7 Å². The van der Waals surface area contributed by atoms with E-state index in [4.69, 9.17) is 0 Å². The van der Waals surface area contributed by atoms with E-state index in [1.807, 2.05) is 41.0 Å². The van der Waals surface area contributed by atoms with Gasteiger partial charge in [-0.1, -0.05) is 78.0 Å². The SMILES string of the molecule is C=CCn1c(CCC(=O)NCc2ccccc2)nnc1SCc1cccc(C)c1. The third-order valence-electron chi connectivity index (χ3n) is 4.46. The van der Waals surface area contributed by atoms with Gasteiger partial charge in [-0.25, -0.2) is 0 Å². The Labute approximate surface area is 176 Å². The molecule has 0 aliphatic heterocycles. The van der Waals surface area contributed by atoms with Crippen molar-refractivity contribution in [1.82, 2.24) is 20.1 Å². The van der Waals surface area contributed by atoms with E-state index in [0.29, 0.717) is 25.9 Å². The van der Waals surface area contributed by atoms with E-state index in [1.165, 1.54) is 11.1 Å². The molecule has 0 radical (unpaired) electrons. The Morgan fingerprint density at radius 2 is 1.93 bits per heavy atom. The van der Waals surface area contributed by atoms with E-state index in [-0.39, 0.29) is 5.91 Å². The van der Waals surface area contributed by atoms with Gasteiger partial charge in [0.2, 0.25) is 5.91 Å². The van der Waals surface area contributed by atoms with E-state index in [1.54, 1.807) is 11.8 Å². The summed E-state index contributed by atoms with van der Waals surface area (Å²) in [6.07, 6.45) is 2.76. The van der Waals surface area contributed by atoms with Crippen LogP contribution in [0.3, 0.4) is 0 Å². The zero-order chi connectivity index (χ0) is 20.5. The number of aromatic nitrogens is 3. The number of allylic oxidation sites excluding steroid dienone is 1. The Bertz CT molecular complexity index is 953. The van der Waals surface area contributed by atoms with Crippen LogP contribution < -0.4 is 5.32 Å². The van der Waals surface area contributed by atoms with E-state index in [9.17, 15) is 4.79 Å². The van der Waals surface area contributed by atoms with Gasteiger partial charge < -0.3 is 9.88 Å². The van der Waals surface area contributed by atoms with Gasteiger partial charge >= 0.3 is 0 Å². The van der Waals surface area contributed by atoms with Gasteiger partial charge in [0.05, 0.1) is 0 Å². The molecule has 150 valence electrons. The third kappa shape index (κ3) is 6.32. The molecule has 1 heterocycles. The number of rotatable bonds is 10. The van der Waals surface area contributed by atoms with Gasteiger partial charge in [-0.3, -0.25) is 4.79 Å². The number of hydrogen-bond acceptors (Lipinski definition) is 4. The first-order valence-electron chi connectivity index (χ1n) is 9.67. The summed E-state index contributed by atoms with van der Waals surface area (Å²) in [5, 5.41) is 12.5. The smallest absolute Gasteiger partial charge is 0.220 e. The molecular formula is C23H26N4OS. The standard InChI is InChI=1S/C23H26N4OS/c1-3-14-27-21(12-13-22(28)24-16-19-9-5-4-6-10-19)25-26-23(27)29-17-20-11-7-8-18(2)15-20/h3-11,15H,1,12-14,16-17H2,2H3,(H,24,28). The predicted molar refractivity (Wildman–Crippen MR) is 118 cm³/mol. The van der Waals surface area contributed by atoms with Crippen molar-refractivity contribution in [3.8, 4) is 0 Å². The maximum atomic E-state index is 12.2. The minimum Gasteiger partial charge on any atom is -0.352 e. The molecule has 1 aromatic heterocycles. The molecule has 0 saturated heterocycles. The zero-order valence-corrected chi connectivity index (χ0v) is 17.5. The highest BCUT2D eigenvalue weighted by Gasteiger charge is 2.13. The maximum absolute atomic E-state index is 12.2. The van der Waals surface area contributed by atoms with Crippen molar-refractivity contribution in [2.45, 2.75) is 43.8 Å². The lowest BCUT2D eigenvalue weighted by molar-refractivity contribution is -0.121. The van der Waals surface area contributed by atoms with Crippen LogP contribution in [-0.4, -0.2) is 20.7 Å². The van der Waals surface area contributed by atoms with Crippen molar-refractivity contribution in [3.05, 3.63) is 89.8 Å². The molecule has 5 nitrogen and oxygen atoms in total. The number of carbonyl (C=O) groups excluding carboxylic acids is 1. The normalized spacial score (nSPS) is 10.7. The molecule has 6 heteroatoms. The molecule has 1 amide bonds. The predicted octanol–water partition coefficient (Wildman–Crippen LogP) is 4.31. The first-order valence-corrected chi connectivity index (χ1v) is 10.7. The first-order chi connectivity index (χ1) is 14.2. The highest BCUT2D eigenvalue weighted by atomic mass is 32.2. The van der Waals surface area contributed by atoms with E-state index < -0.39 is 0 Å². The number of carbonyl (C=O) groups is 1. The summed E-state index contributed by atoms with van der Waals surface area (Å²) >= 11 is 1.65. The summed E-state index contributed by atoms with van der Waals surface area (Å²) in [4.78, 5) is 12.2. The number of nitrogens with one attached hydrogen (secondary N) is 1. The number of nitrogens with zero attached hydrogens (tertiary/aromatic N) is 3. The second kappa shape index (κ2) is 10.6. The average Bonchev–Trinajstić information content (AvgIpc) is 3.12. The molecule has 0 saturated carbocycles. The van der Waals surface area contributed by atoms with Crippen molar-refractivity contribution >= 4 is 17.7 Å². The molecule has 0 aliphatic carbocycles. The van der Waals surface area contributed by atoms with E-state index in [2.05, 4.69) is 53.3 Å². The molecule has 29 heavy (non-hydrogen) atoms. The van der Waals surface area contributed by atoms with Gasteiger partial charge in [-0.05, 0) is 18.1 Å². The van der Waals surface area contributed by atoms with Gasteiger partial charge in [-0.2, -0.15) is 0 Å². The number of thioether (sulfide) groups is 1. The Kier molecular flexibility index (Phi) is 7.64. The monoisotopic (exact) mass is 406 g/mol.